The lowest BCUT2D eigenvalue weighted by Crippen LogP contribution is -2.24. The molecule has 0 aromatic heterocycles. The summed E-state index contributed by atoms with van der Waals surface area (Å²) in [5.74, 6) is -1.07. The van der Waals surface area contributed by atoms with Crippen molar-refractivity contribution in [1.29, 1.82) is 0 Å². The van der Waals surface area contributed by atoms with E-state index in [0.717, 1.165) is 37.9 Å². The molecule has 1 heterocycles. The van der Waals surface area contributed by atoms with Crippen LogP contribution in [0, 0.1) is 10.1 Å². The van der Waals surface area contributed by atoms with Crippen LogP contribution in [0.1, 0.15) is 53.0 Å². The van der Waals surface area contributed by atoms with Gasteiger partial charge in [0.15, 0.2) is 6.10 Å². The van der Waals surface area contributed by atoms with Crippen LogP contribution in [0.3, 0.4) is 0 Å². The number of Topliss-reactive ketones (excluding diaryl/α,β-unsaturated/α-hetero) is 1. The Bertz CT molecular complexity index is 917. The fourth-order valence-corrected chi connectivity index (χ4v) is 3.44. The Balaban J connectivity index is 1.74. The maximum atomic E-state index is 12.5. The van der Waals surface area contributed by atoms with Gasteiger partial charge in [-0.1, -0.05) is 31.2 Å². The first-order valence-electron chi connectivity index (χ1n) is 9.78. The molecule has 0 N–H and O–H groups in total. The molecule has 2 aromatic rings. The van der Waals surface area contributed by atoms with Crippen molar-refractivity contribution in [3.63, 3.8) is 0 Å². The summed E-state index contributed by atoms with van der Waals surface area (Å²) >= 11 is 0. The number of aryl methyl sites for hydroxylation is 1. The normalized spacial score (nSPS) is 14.5. The zero-order valence-corrected chi connectivity index (χ0v) is 16.6. The number of esters is 1. The average Bonchev–Trinajstić information content (AvgIpc) is 3.27. The predicted octanol–water partition coefficient (Wildman–Crippen LogP) is 4.19. The summed E-state index contributed by atoms with van der Waals surface area (Å²) in [6.07, 6.45) is 1.84. The van der Waals surface area contributed by atoms with Crippen LogP contribution in [0.4, 0.5) is 11.4 Å². The molecule has 7 nitrogen and oxygen atoms in total. The van der Waals surface area contributed by atoms with E-state index in [1.807, 2.05) is 24.0 Å². The highest BCUT2D eigenvalue weighted by Gasteiger charge is 2.26. The van der Waals surface area contributed by atoms with Gasteiger partial charge in [-0.25, -0.2) is 4.79 Å². The first-order chi connectivity index (χ1) is 13.9. The molecule has 3 rings (SSSR count). The highest BCUT2D eigenvalue weighted by molar-refractivity contribution is 6.01. The van der Waals surface area contributed by atoms with Gasteiger partial charge in [0, 0.05) is 24.7 Å². The van der Waals surface area contributed by atoms with Crippen molar-refractivity contribution in [2.45, 2.75) is 39.2 Å². The lowest BCUT2D eigenvalue weighted by Gasteiger charge is -2.18. The molecule has 0 aliphatic carbocycles. The molecule has 1 aliphatic rings. The minimum absolute atomic E-state index is 0.0561. The van der Waals surface area contributed by atoms with Gasteiger partial charge >= 0.3 is 5.97 Å². The van der Waals surface area contributed by atoms with Crippen molar-refractivity contribution in [2.24, 2.45) is 0 Å². The highest BCUT2D eigenvalue weighted by Crippen LogP contribution is 2.32. The SMILES string of the molecule is CCc1ccc(C(=O)C(C)OC(=O)c2ccc(N3CCCC3)c([N+](=O)[O-])c2)cc1. The maximum absolute atomic E-state index is 12.5. The Morgan fingerprint density at radius 2 is 1.72 bits per heavy atom. The first-order valence-corrected chi connectivity index (χ1v) is 9.78. The van der Waals surface area contributed by atoms with Gasteiger partial charge in [0.25, 0.3) is 5.69 Å². The van der Waals surface area contributed by atoms with E-state index in [-0.39, 0.29) is 17.0 Å². The summed E-state index contributed by atoms with van der Waals surface area (Å²) in [5, 5.41) is 11.5. The second-order valence-corrected chi connectivity index (χ2v) is 7.12. The molecule has 0 bridgehead atoms. The van der Waals surface area contributed by atoms with Gasteiger partial charge in [0.2, 0.25) is 5.78 Å². The van der Waals surface area contributed by atoms with E-state index < -0.39 is 17.0 Å². The monoisotopic (exact) mass is 396 g/mol. The molecule has 7 heteroatoms. The van der Waals surface area contributed by atoms with Gasteiger partial charge in [-0.3, -0.25) is 14.9 Å². The molecule has 1 atom stereocenters. The van der Waals surface area contributed by atoms with Crippen molar-refractivity contribution >= 4 is 23.1 Å². The Morgan fingerprint density at radius 1 is 1.10 bits per heavy atom. The Labute approximate surface area is 169 Å². The largest absolute Gasteiger partial charge is 0.451 e. The quantitative estimate of drug-likeness (QED) is 0.302. The van der Waals surface area contributed by atoms with Gasteiger partial charge in [-0.2, -0.15) is 0 Å². The number of benzene rings is 2. The van der Waals surface area contributed by atoms with Gasteiger partial charge in [0.05, 0.1) is 10.5 Å². The van der Waals surface area contributed by atoms with Gasteiger partial charge < -0.3 is 9.64 Å². The zero-order valence-electron chi connectivity index (χ0n) is 16.6. The number of hydrogen-bond donors (Lipinski definition) is 0. The van der Waals surface area contributed by atoms with Crippen LogP contribution < -0.4 is 4.90 Å². The van der Waals surface area contributed by atoms with Crippen LogP contribution in [0.25, 0.3) is 0 Å². The fourth-order valence-electron chi connectivity index (χ4n) is 3.44. The molecule has 152 valence electrons. The van der Waals surface area contributed by atoms with E-state index in [4.69, 9.17) is 4.74 Å². The lowest BCUT2D eigenvalue weighted by atomic mass is 10.0. The average molecular weight is 396 g/mol. The zero-order chi connectivity index (χ0) is 21.0. The van der Waals surface area contributed by atoms with Crippen molar-refractivity contribution in [2.75, 3.05) is 18.0 Å². The Kier molecular flexibility index (Phi) is 6.26. The van der Waals surface area contributed by atoms with E-state index in [0.29, 0.717) is 11.3 Å². The van der Waals surface area contributed by atoms with Crippen molar-refractivity contribution in [3.8, 4) is 0 Å². The number of carbonyl (C=O) groups excluding carboxylic acids is 2. The Morgan fingerprint density at radius 3 is 2.31 bits per heavy atom. The van der Waals surface area contributed by atoms with Crippen LogP contribution in [-0.2, 0) is 11.2 Å². The summed E-state index contributed by atoms with van der Waals surface area (Å²) < 4.78 is 5.28. The molecular formula is C22H24N2O5. The molecule has 1 aliphatic heterocycles. The number of ether oxygens (including phenoxy) is 1. The standard InChI is InChI=1S/C22H24N2O5/c1-3-16-6-8-17(9-7-16)21(25)15(2)29-22(26)18-10-11-19(20(14-18)24(27)28)23-12-4-5-13-23/h6-11,14-15H,3-5,12-13H2,1-2H3. The molecule has 29 heavy (non-hydrogen) atoms. The third-order valence-corrected chi connectivity index (χ3v) is 5.15. The van der Waals surface area contributed by atoms with Gasteiger partial charge in [-0.05, 0) is 43.9 Å². The number of carbonyl (C=O) groups is 2. The molecule has 1 saturated heterocycles. The molecule has 0 radical (unpaired) electrons. The summed E-state index contributed by atoms with van der Waals surface area (Å²) in [7, 11) is 0. The third-order valence-electron chi connectivity index (χ3n) is 5.15. The molecule has 1 unspecified atom stereocenters. The Hall–Kier alpha value is -3.22. The highest BCUT2D eigenvalue weighted by atomic mass is 16.6. The number of nitro benzene ring substituents is 1. The van der Waals surface area contributed by atoms with Crippen LogP contribution in [0.15, 0.2) is 42.5 Å². The number of ketones is 1. The van der Waals surface area contributed by atoms with Gasteiger partial charge in [-0.15, -0.1) is 0 Å². The molecule has 2 aromatic carbocycles. The van der Waals surface area contributed by atoms with E-state index >= 15 is 0 Å². The predicted molar refractivity (Wildman–Crippen MR) is 110 cm³/mol. The summed E-state index contributed by atoms with van der Waals surface area (Å²) in [6, 6.07) is 11.5. The topological polar surface area (TPSA) is 89.8 Å². The number of nitro groups is 1. The van der Waals surface area contributed by atoms with Gasteiger partial charge in [0.1, 0.15) is 5.69 Å². The second kappa shape index (κ2) is 8.86. The van der Waals surface area contributed by atoms with E-state index in [1.54, 1.807) is 18.2 Å². The molecular weight excluding hydrogens is 372 g/mol. The van der Waals surface area contributed by atoms with Crippen LogP contribution in [0.2, 0.25) is 0 Å². The first kappa shape index (κ1) is 20.5. The summed E-state index contributed by atoms with van der Waals surface area (Å²) in [5.41, 5.74) is 2.00. The molecule has 0 amide bonds. The van der Waals surface area contributed by atoms with Crippen LogP contribution in [-0.4, -0.2) is 35.9 Å². The van der Waals surface area contributed by atoms with E-state index in [9.17, 15) is 19.7 Å². The maximum Gasteiger partial charge on any atom is 0.339 e. The third kappa shape index (κ3) is 4.62. The summed E-state index contributed by atoms with van der Waals surface area (Å²) in [4.78, 5) is 38.0. The van der Waals surface area contributed by atoms with Crippen LogP contribution >= 0.6 is 0 Å². The lowest BCUT2D eigenvalue weighted by molar-refractivity contribution is -0.384. The smallest absolute Gasteiger partial charge is 0.339 e. The molecule has 1 fully saturated rings. The van der Waals surface area contributed by atoms with Crippen LogP contribution in [0.5, 0.6) is 0 Å². The number of nitrogens with zero attached hydrogens (tertiary/aromatic N) is 2. The molecule has 0 saturated carbocycles. The minimum Gasteiger partial charge on any atom is -0.451 e. The number of rotatable bonds is 7. The van der Waals surface area contributed by atoms with E-state index in [2.05, 4.69) is 0 Å². The number of hydrogen-bond acceptors (Lipinski definition) is 6. The fraction of sp³-hybridized carbons (Fsp3) is 0.364. The summed E-state index contributed by atoms with van der Waals surface area (Å²) in [6.45, 7) is 5.04. The van der Waals surface area contributed by atoms with Crippen molar-refractivity contribution < 1.29 is 19.2 Å². The second-order valence-electron chi connectivity index (χ2n) is 7.12. The molecule has 0 spiro atoms. The number of anilines is 1. The van der Waals surface area contributed by atoms with E-state index in [1.165, 1.54) is 19.1 Å². The van der Waals surface area contributed by atoms with Crippen molar-refractivity contribution in [1.82, 2.24) is 0 Å². The van der Waals surface area contributed by atoms with Crippen molar-refractivity contribution in [3.05, 3.63) is 69.3 Å². The minimum atomic E-state index is -0.993.